The smallest absolute Gasteiger partial charge is 0.0426 e. The predicted octanol–water partition coefficient (Wildman–Crippen LogP) is 4.96. The first kappa shape index (κ1) is 18.3. The highest BCUT2D eigenvalue weighted by atomic mass is 35.5. The largest absolute Gasteiger partial charge is 0.371 e. The Kier molecular flexibility index (Phi) is 8.13. The number of benzene rings is 1. The lowest BCUT2D eigenvalue weighted by molar-refractivity contribution is 0.540. The Bertz CT molecular complexity index is 418. The summed E-state index contributed by atoms with van der Waals surface area (Å²) in [5, 5.41) is 4.36. The number of nitrogens with one attached hydrogen (secondary N) is 1. The Hall–Kier alpha value is -0.730. The molecule has 1 aromatic carbocycles. The SMILES string of the molecule is CCC(C)CN(CC)c1cc(Cl)ccc1CNCC(C)C. The molecule has 1 N–H and O–H groups in total. The van der Waals surface area contributed by atoms with Crippen molar-refractivity contribution in [3.63, 3.8) is 0 Å². The van der Waals surface area contributed by atoms with Crippen LogP contribution in [-0.2, 0) is 6.54 Å². The topological polar surface area (TPSA) is 15.3 Å². The molecule has 1 rings (SSSR count). The van der Waals surface area contributed by atoms with Crippen molar-refractivity contribution in [3.8, 4) is 0 Å². The highest BCUT2D eigenvalue weighted by Crippen LogP contribution is 2.26. The Morgan fingerprint density at radius 3 is 2.48 bits per heavy atom. The first-order valence-electron chi connectivity index (χ1n) is 8.21. The fourth-order valence-electron chi connectivity index (χ4n) is 2.38. The molecule has 0 aliphatic carbocycles. The molecule has 21 heavy (non-hydrogen) atoms. The quantitative estimate of drug-likeness (QED) is 0.693. The second-order valence-corrected chi connectivity index (χ2v) is 6.79. The molecular formula is C18H31ClN2. The minimum absolute atomic E-state index is 0.670. The molecule has 1 unspecified atom stereocenters. The van der Waals surface area contributed by atoms with Gasteiger partial charge in [-0.05, 0) is 43.0 Å². The Balaban J connectivity index is 2.88. The van der Waals surface area contributed by atoms with E-state index >= 15 is 0 Å². The fourth-order valence-corrected chi connectivity index (χ4v) is 2.55. The lowest BCUT2D eigenvalue weighted by atomic mass is 10.1. The van der Waals surface area contributed by atoms with Crippen molar-refractivity contribution in [2.45, 2.75) is 47.6 Å². The zero-order valence-electron chi connectivity index (χ0n) is 14.2. The number of hydrogen-bond donors (Lipinski definition) is 1. The summed E-state index contributed by atoms with van der Waals surface area (Å²) < 4.78 is 0. The van der Waals surface area contributed by atoms with E-state index in [1.807, 2.05) is 6.07 Å². The molecule has 3 heteroatoms. The molecule has 2 nitrogen and oxygen atoms in total. The van der Waals surface area contributed by atoms with Gasteiger partial charge in [0.05, 0.1) is 0 Å². The standard InChI is InChI=1S/C18H31ClN2/c1-6-15(5)13-21(7-2)18-10-17(19)9-8-16(18)12-20-11-14(3)4/h8-10,14-15,20H,6-7,11-13H2,1-5H3. The second-order valence-electron chi connectivity index (χ2n) is 6.35. The van der Waals surface area contributed by atoms with Crippen molar-refractivity contribution in [1.82, 2.24) is 5.32 Å². The van der Waals surface area contributed by atoms with Gasteiger partial charge in [-0.25, -0.2) is 0 Å². The second kappa shape index (κ2) is 9.32. The fraction of sp³-hybridized carbons (Fsp3) is 0.667. The van der Waals surface area contributed by atoms with Gasteiger partial charge in [0.25, 0.3) is 0 Å². The molecule has 0 radical (unpaired) electrons. The van der Waals surface area contributed by atoms with Crippen LogP contribution >= 0.6 is 11.6 Å². The zero-order valence-corrected chi connectivity index (χ0v) is 15.0. The summed E-state index contributed by atoms with van der Waals surface area (Å²) >= 11 is 6.23. The van der Waals surface area contributed by atoms with Gasteiger partial charge in [-0.3, -0.25) is 0 Å². The minimum Gasteiger partial charge on any atom is -0.371 e. The third-order valence-electron chi connectivity index (χ3n) is 3.87. The normalized spacial score (nSPS) is 12.7. The first-order valence-corrected chi connectivity index (χ1v) is 8.59. The molecule has 0 saturated carbocycles. The van der Waals surface area contributed by atoms with Crippen LogP contribution in [0.5, 0.6) is 0 Å². The summed E-state index contributed by atoms with van der Waals surface area (Å²) in [7, 11) is 0. The summed E-state index contributed by atoms with van der Waals surface area (Å²) in [5.41, 5.74) is 2.62. The Morgan fingerprint density at radius 1 is 1.19 bits per heavy atom. The molecule has 120 valence electrons. The summed E-state index contributed by atoms with van der Waals surface area (Å²) in [6, 6.07) is 6.26. The van der Waals surface area contributed by atoms with Crippen molar-refractivity contribution in [1.29, 1.82) is 0 Å². The van der Waals surface area contributed by atoms with Crippen LogP contribution in [0.3, 0.4) is 0 Å². The monoisotopic (exact) mass is 310 g/mol. The highest BCUT2D eigenvalue weighted by molar-refractivity contribution is 6.30. The molecule has 0 aliphatic rings. The molecule has 0 aliphatic heterocycles. The molecule has 0 saturated heterocycles. The van der Waals surface area contributed by atoms with E-state index < -0.39 is 0 Å². The highest BCUT2D eigenvalue weighted by Gasteiger charge is 2.13. The maximum Gasteiger partial charge on any atom is 0.0426 e. The van der Waals surface area contributed by atoms with Crippen molar-refractivity contribution in [2.75, 3.05) is 24.5 Å². The predicted molar refractivity (Wildman–Crippen MR) is 95.3 cm³/mol. The van der Waals surface area contributed by atoms with E-state index in [2.05, 4.69) is 57.0 Å². The van der Waals surface area contributed by atoms with Crippen molar-refractivity contribution in [2.24, 2.45) is 11.8 Å². The van der Waals surface area contributed by atoms with Crippen LogP contribution in [0.25, 0.3) is 0 Å². The lowest BCUT2D eigenvalue weighted by Gasteiger charge is -2.29. The first-order chi connectivity index (χ1) is 9.97. The molecule has 0 heterocycles. The van der Waals surface area contributed by atoms with E-state index in [0.29, 0.717) is 11.8 Å². The molecule has 1 atom stereocenters. The molecule has 0 aromatic heterocycles. The summed E-state index contributed by atoms with van der Waals surface area (Å²) in [6.07, 6.45) is 1.21. The summed E-state index contributed by atoms with van der Waals surface area (Å²) in [5.74, 6) is 1.36. The lowest BCUT2D eigenvalue weighted by Crippen LogP contribution is -2.30. The Labute approximate surface area is 135 Å². The summed E-state index contributed by atoms with van der Waals surface area (Å²) in [4.78, 5) is 2.45. The van der Waals surface area contributed by atoms with Gasteiger partial charge < -0.3 is 10.2 Å². The minimum atomic E-state index is 0.670. The number of halogens is 1. The maximum absolute atomic E-state index is 6.23. The van der Waals surface area contributed by atoms with Crippen LogP contribution in [0.4, 0.5) is 5.69 Å². The van der Waals surface area contributed by atoms with Crippen LogP contribution in [0.15, 0.2) is 18.2 Å². The Morgan fingerprint density at radius 2 is 1.90 bits per heavy atom. The number of nitrogens with zero attached hydrogens (tertiary/aromatic N) is 1. The molecule has 1 aromatic rings. The molecule has 0 amide bonds. The van der Waals surface area contributed by atoms with E-state index in [0.717, 1.165) is 31.2 Å². The van der Waals surface area contributed by atoms with Gasteiger partial charge in [-0.2, -0.15) is 0 Å². The van der Waals surface area contributed by atoms with Gasteiger partial charge >= 0.3 is 0 Å². The number of anilines is 1. The van der Waals surface area contributed by atoms with Gasteiger partial charge in [0, 0.05) is 30.3 Å². The van der Waals surface area contributed by atoms with E-state index in [-0.39, 0.29) is 0 Å². The third kappa shape index (κ3) is 6.27. The molecular weight excluding hydrogens is 280 g/mol. The number of hydrogen-bond acceptors (Lipinski definition) is 2. The maximum atomic E-state index is 6.23. The van der Waals surface area contributed by atoms with Crippen LogP contribution < -0.4 is 10.2 Å². The van der Waals surface area contributed by atoms with Crippen molar-refractivity contribution in [3.05, 3.63) is 28.8 Å². The van der Waals surface area contributed by atoms with Crippen molar-refractivity contribution < 1.29 is 0 Å². The van der Waals surface area contributed by atoms with E-state index in [1.165, 1.54) is 17.7 Å². The van der Waals surface area contributed by atoms with Crippen molar-refractivity contribution >= 4 is 17.3 Å². The van der Waals surface area contributed by atoms with Crippen LogP contribution in [-0.4, -0.2) is 19.6 Å². The van der Waals surface area contributed by atoms with Gasteiger partial charge in [0.1, 0.15) is 0 Å². The number of rotatable bonds is 9. The molecule has 0 bridgehead atoms. The average molecular weight is 311 g/mol. The van der Waals surface area contributed by atoms with E-state index in [1.54, 1.807) is 0 Å². The average Bonchev–Trinajstić information content (AvgIpc) is 2.45. The molecule has 0 fully saturated rings. The zero-order chi connectivity index (χ0) is 15.8. The van der Waals surface area contributed by atoms with Crippen LogP contribution in [0, 0.1) is 11.8 Å². The third-order valence-corrected chi connectivity index (χ3v) is 4.10. The van der Waals surface area contributed by atoms with Gasteiger partial charge in [0.15, 0.2) is 0 Å². The molecule has 0 spiro atoms. The van der Waals surface area contributed by atoms with Crippen LogP contribution in [0.2, 0.25) is 5.02 Å². The van der Waals surface area contributed by atoms with Gasteiger partial charge in [0.2, 0.25) is 0 Å². The van der Waals surface area contributed by atoms with Gasteiger partial charge in [-0.15, -0.1) is 0 Å². The van der Waals surface area contributed by atoms with E-state index in [4.69, 9.17) is 11.6 Å². The van der Waals surface area contributed by atoms with E-state index in [9.17, 15) is 0 Å². The summed E-state index contributed by atoms with van der Waals surface area (Å²) in [6.45, 7) is 15.3. The van der Waals surface area contributed by atoms with Crippen LogP contribution in [0.1, 0.15) is 46.6 Å². The van der Waals surface area contributed by atoms with Gasteiger partial charge in [-0.1, -0.05) is 51.8 Å².